The predicted molar refractivity (Wildman–Crippen MR) is 127 cm³/mol. The van der Waals surface area contributed by atoms with Crippen molar-refractivity contribution in [3.63, 3.8) is 0 Å². The lowest BCUT2D eigenvalue weighted by atomic mass is 10.1. The predicted octanol–water partition coefficient (Wildman–Crippen LogP) is 3.65. The van der Waals surface area contributed by atoms with Gasteiger partial charge in [-0.2, -0.15) is 5.10 Å². The number of thioether (sulfide) groups is 1. The summed E-state index contributed by atoms with van der Waals surface area (Å²) in [6.07, 6.45) is 5.38. The van der Waals surface area contributed by atoms with Crippen molar-refractivity contribution in [1.29, 1.82) is 0 Å². The quantitative estimate of drug-likeness (QED) is 0.376. The zero-order valence-electron chi connectivity index (χ0n) is 19.0. The molecule has 0 atom stereocenters. The molecule has 1 aliphatic rings. The Morgan fingerprint density at radius 1 is 1.21 bits per heavy atom. The molecule has 1 fully saturated rings. The summed E-state index contributed by atoms with van der Waals surface area (Å²) in [6.45, 7) is 6.77. The molecule has 3 aromatic rings. The van der Waals surface area contributed by atoms with Crippen LogP contribution >= 0.6 is 11.8 Å². The summed E-state index contributed by atoms with van der Waals surface area (Å²) in [5.41, 5.74) is 0.769. The topological polar surface area (TPSA) is 85.2 Å². The van der Waals surface area contributed by atoms with Crippen LogP contribution in [-0.2, 0) is 11.3 Å². The van der Waals surface area contributed by atoms with E-state index in [1.165, 1.54) is 18.6 Å². The second kappa shape index (κ2) is 10.8. The van der Waals surface area contributed by atoms with E-state index >= 15 is 0 Å². The Morgan fingerprint density at radius 3 is 2.76 bits per heavy atom. The fraction of sp³-hybridized carbons (Fsp3) is 0.478. The molecular formula is C23H29FN6O2S. The Hall–Kier alpha value is -2.88. The smallest absolute Gasteiger partial charge is 0.258 e. The highest BCUT2D eigenvalue weighted by atomic mass is 32.2. The number of amides is 1. The van der Waals surface area contributed by atoms with Crippen molar-refractivity contribution < 1.29 is 13.9 Å². The van der Waals surface area contributed by atoms with Crippen LogP contribution in [0.2, 0.25) is 0 Å². The number of nitrogens with one attached hydrogen (secondary N) is 1. The normalized spacial score (nSPS) is 14.1. The number of anilines is 1. The number of fused-ring (bicyclic) bond motifs is 1. The SMILES string of the molecule is CC(C)Sc1nc(N2CCCCC2)c2cnn(CCNC(=O)COc3ccccc3F)c2n1. The highest BCUT2D eigenvalue weighted by Gasteiger charge is 2.20. The molecule has 8 nitrogen and oxygen atoms in total. The third-order valence-electron chi connectivity index (χ3n) is 5.29. The van der Waals surface area contributed by atoms with Crippen LogP contribution in [0.3, 0.4) is 0 Å². The molecule has 1 aliphatic heterocycles. The van der Waals surface area contributed by atoms with Crippen molar-refractivity contribution in [3.05, 3.63) is 36.3 Å². The lowest BCUT2D eigenvalue weighted by molar-refractivity contribution is -0.123. The number of hydrogen-bond donors (Lipinski definition) is 1. The van der Waals surface area contributed by atoms with Crippen molar-refractivity contribution in [2.24, 2.45) is 0 Å². The van der Waals surface area contributed by atoms with Gasteiger partial charge in [0.25, 0.3) is 5.91 Å². The monoisotopic (exact) mass is 472 g/mol. The number of carbonyl (C=O) groups is 1. The average Bonchev–Trinajstić information content (AvgIpc) is 3.21. The molecule has 176 valence electrons. The van der Waals surface area contributed by atoms with Gasteiger partial charge in [-0.1, -0.05) is 37.7 Å². The number of carbonyl (C=O) groups excluding carboxylic acids is 1. The van der Waals surface area contributed by atoms with Crippen molar-refractivity contribution in [3.8, 4) is 5.75 Å². The van der Waals surface area contributed by atoms with Crippen LogP contribution in [0.25, 0.3) is 11.0 Å². The lowest BCUT2D eigenvalue weighted by Crippen LogP contribution is -2.32. The molecule has 0 aliphatic carbocycles. The molecule has 1 N–H and O–H groups in total. The minimum absolute atomic E-state index is 0.0582. The van der Waals surface area contributed by atoms with Gasteiger partial charge >= 0.3 is 0 Å². The molecule has 0 saturated carbocycles. The highest BCUT2D eigenvalue weighted by Crippen LogP contribution is 2.30. The molecule has 3 heterocycles. The van der Waals surface area contributed by atoms with Crippen LogP contribution in [0.1, 0.15) is 33.1 Å². The van der Waals surface area contributed by atoms with Crippen molar-refractivity contribution in [1.82, 2.24) is 25.1 Å². The fourth-order valence-corrected chi connectivity index (χ4v) is 4.45. The van der Waals surface area contributed by atoms with Crippen LogP contribution in [0.5, 0.6) is 5.75 Å². The zero-order chi connectivity index (χ0) is 23.2. The van der Waals surface area contributed by atoms with Gasteiger partial charge in [-0.05, 0) is 31.4 Å². The van der Waals surface area contributed by atoms with Gasteiger partial charge in [0.2, 0.25) is 0 Å². The summed E-state index contributed by atoms with van der Waals surface area (Å²) >= 11 is 1.63. The number of piperidine rings is 1. The van der Waals surface area contributed by atoms with E-state index in [-0.39, 0.29) is 18.3 Å². The van der Waals surface area contributed by atoms with Gasteiger partial charge in [-0.15, -0.1) is 0 Å². The maximum atomic E-state index is 13.6. The molecule has 0 unspecified atom stereocenters. The molecule has 10 heteroatoms. The first kappa shape index (κ1) is 23.3. The van der Waals surface area contributed by atoms with Crippen LogP contribution in [0.4, 0.5) is 10.2 Å². The van der Waals surface area contributed by atoms with Gasteiger partial charge in [-0.3, -0.25) is 4.79 Å². The molecule has 0 spiro atoms. The number of aromatic nitrogens is 4. The summed E-state index contributed by atoms with van der Waals surface area (Å²) in [5.74, 6) is 0.182. The van der Waals surface area contributed by atoms with Crippen molar-refractivity contribution in [2.45, 2.75) is 50.1 Å². The van der Waals surface area contributed by atoms with Crippen LogP contribution in [0, 0.1) is 5.82 Å². The summed E-state index contributed by atoms with van der Waals surface area (Å²) < 4.78 is 20.7. The number of ether oxygens (including phenoxy) is 1. The third kappa shape index (κ3) is 5.93. The number of hydrogen-bond acceptors (Lipinski definition) is 7. The van der Waals surface area contributed by atoms with Crippen molar-refractivity contribution in [2.75, 3.05) is 31.1 Å². The summed E-state index contributed by atoms with van der Waals surface area (Å²) in [5, 5.41) is 9.34. The van der Waals surface area contributed by atoms with Gasteiger partial charge in [0.1, 0.15) is 5.82 Å². The molecule has 0 radical (unpaired) electrons. The molecule has 1 aromatic carbocycles. The second-order valence-electron chi connectivity index (χ2n) is 8.22. The Bertz CT molecular complexity index is 1100. The van der Waals surface area contributed by atoms with E-state index in [1.54, 1.807) is 28.6 Å². The fourth-order valence-electron chi connectivity index (χ4n) is 3.75. The van der Waals surface area contributed by atoms with E-state index in [9.17, 15) is 9.18 Å². The van der Waals surface area contributed by atoms with E-state index in [0.717, 1.165) is 47.9 Å². The standard InChI is InChI=1S/C23H29FN6O2S/c1-16(2)33-23-27-21(29-11-6-3-7-12-29)17-14-26-30(22(17)28-23)13-10-25-20(31)15-32-19-9-5-4-8-18(19)24/h4-5,8-9,14,16H,3,6-7,10-13,15H2,1-2H3,(H,25,31). The molecular weight excluding hydrogens is 443 g/mol. The second-order valence-corrected chi connectivity index (χ2v) is 9.76. The van der Waals surface area contributed by atoms with E-state index in [0.29, 0.717) is 18.3 Å². The summed E-state index contributed by atoms with van der Waals surface area (Å²) in [4.78, 5) is 24.1. The van der Waals surface area contributed by atoms with Gasteiger partial charge in [-0.25, -0.2) is 19.0 Å². The minimum atomic E-state index is -0.493. The van der Waals surface area contributed by atoms with Crippen molar-refractivity contribution >= 4 is 34.5 Å². The van der Waals surface area contributed by atoms with E-state index < -0.39 is 5.82 Å². The zero-order valence-corrected chi connectivity index (χ0v) is 19.8. The third-order valence-corrected chi connectivity index (χ3v) is 6.16. The van der Waals surface area contributed by atoms with Crippen LogP contribution in [0.15, 0.2) is 35.6 Å². The minimum Gasteiger partial charge on any atom is -0.481 e. The Labute approximate surface area is 196 Å². The number of para-hydroxylation sites is 1. The Morgan fingerprint density at radius 2 is 2.00 bits per heavy atom. The largest absolute Gasteiger partial charge is 0.481 e. The molecule has 0 bridgehead atoms. The van der Waals surface area contributed by atoms with E-state index in [1.807, 2.05) is 6.20 Å². The molecule has 4 rings (SSSR count). The number of rotatable bonds is 9. The molecule has 33 heavy (non-hydrogen) atoms. The summed E-state index contributed by atoms with van der Waals surface area (Å²) in [6, 6.07) is 6.01. The first-order chi connectivity index (χ1) is 16.0. The van der Waals surface area contributed by atoms with E-state index in [2.05, 4.69) is 29.2 Å². The van der Waals surface area contributed by atoms with Gasteiger partial charge in [0, 0.05) is 24.9 Å². The number of halogens is 1. The molecule has 2 aromatic heterocycles. The average molecular weight is 473 g/mol. The lowest BCUT2D eigenvalue weighted by Gasteiger charge is -2.28. The van der Waals surface area contributed by atoms with Gasteiger partial charge < -0.3 is 15.0 Å². The van der Waals surface area contributed by atoms with E-state index in [4.69, 9.17) is 14.7 Å². The van der Waals surface area contributed by atoms with Crippen LogP contribution in [-0.4, -0.2) is 57.1 Å². The van der Waals surface area contributed by atoms with Crippen LogP contribution < -0.4 is 15.0 Å². The van der Waals surface area contributed by atoms with Gasteiger partial charge in [0.15, 0.2) is 29.0 Å². The first-order valence-electron chi connectivity index (χ1n) is 11.3. The maximum Gasteiger partial charge on any atom is 0.258 e. The Balaban J connectivity index is 1.43. The Kier molecular flexibility index (Phi) is 7.64. The summed E-state index contributed by atoms with van der Waals surface area (Å²) in [7, 11) is 0. The molecule has 1 amide bonds. The highest BCUT2D eigenvalue weighted by molar-refractivity contribution is 7.99. The van der Waals surface area contributed by atoms with Gasteiger partial charge in [0.05, 0.1) is 18.1 Å². The molecule has 1 saturated heterocycles. The number of benzene rings is 1. The maximum absolute atomic E-state index is 13.6. The number of nitrogens with zero attached hydrogens (tertiary/aromatic N) is 5. The first-order valence-corrected chi connectivity index (χ1v) is 12.2.